The van der Waals surface area contributed by atoms with Crippen molar-refractivity contribution in [1.29, 1.82) is 0 Å². The number of nitrogens with two attached hydrogens (primary N) is 2. The molecule has 0 aliphatic carbocycles. The Hall–Kier alpha value is -1.03. The summed E-state index contributed by atoms with van der Waals surface area (Å²) in [6, 6.07) is 4.51. The van der Waals surface area contributed by atoms with Gasteiger partial charge in [0.25, 0.3) is 10.1 Å². The average molecular weight is 272 g/mol. The standard InChI is InChI=1S/C10H16N4O3S/c1-7-2-3-9(18(15,16)17)8(6-7)10(11)13-4-5-14(10)12/h2-3,6,13H,4-5,11-12H2,1H3,(H,15,16,17). The molecular formula is C10H16N4O3S. The summed E-state index contributed by atoms with van der Waals surface area (Å²) in [5.74, 6) is 4.48. The zero-order valence-electron chi connectivity index (χ0n) is 9.92. The lowest BCUT2D eigenvalue weighted by Gasteiger charge is -2.32. The second kappa shape index (κ2) is 4.26. The van der Waals surface area contributed by atoms with Crippen molar-refractivity contribution < 1.29 is 13.0 Å². The lowest BCUT2D eigenvalue weighted by molar-refractivity contribution is 0.122. The number of aryl methyl sites for hydroxylation is 1. The minimum absolute atomic E-state index is 0.236. The van der Waals surface area contributed by atoms with E-state index < -0.39 is 15.9 Å². The molecule has 1 atom stereocenters. The molecule has 1 heterocycles. The first-order valence-electron chi connectivity index (χ1n) is 5.40. The topological polar surface area (TPSA) is 122 Å². The third kappa shape index (κ3) is 2.14. The lowest BCUT2D eigenvalue weighted by Crippen LogP contribution is -2.59. The summed E-state index contributed by atoms with van der Waals surface area (Å²) in [5.41, 5.74) is 7.17. The van der Waals surface area contributed by atoms with Crippen LogP contribution in [0.3, 0.4) is 0 Å². The second-order valence-electron chi connectivity index (χ2n) is 4.36. The van der Waals surface area contributed by atoms with E-state index in [9.17, 15) is 13.0 Å². The van der Waals surface area contributed by atoms with E-state index in [0.29, 0.717) is 13.1 Å². The smallest absolute Gasteiger partial charge is 0.294 e. The predicted molar refractivity (Wildman–Crippen MR) is 65.8 cm³/mol. The van der Waals surface area contributed by atoms with Gasteiger partial charge in [0.2, 0.25) is 0 Å². The van der Waals surface area contributed by atoms with Gasteiger partial charge in [0.15, 0.2) is 5.79 Å². The highest BCUT2D eigenvalue weighted by Gasteiger charge is 2.40. The zero-order chi connectivity index (χ0) is 13.6. The third-order valence-electron chi connectivity index (χ3n) is 3.02. The van der Waals surface area contributed by atoms with Crippen molar-refractivity contribution >= 4 is 10.1 Å². The van der Waals surface area contributed by atoms with Crippen LogP contribution in [0.5, 0.6) is 0 Å². The van der Waals surface area contributed by atoms with Gasteiger partial charge in [-0.15, -0.1) is 0 Å². The Bertz CT molecular complexity index is 574. The number of benzene rings is 1. The van der Waals surface area contributed by atoms with Gasteiger partial charge in [0.05, 0.1) is 0 Å². The van der Waals surface area contributed by atoms with Gasteiger partial charge in [-0.2, -0.15) is 8.42 Å². The van der Waals surface area contributed by atoms with E-state index in [-0.39, 0.29) is 10.5 Å². The molecule has 100 valence electrons. The Balaban J connectivity index is 2.66. The molecule has 18 heavy (non-hydrogen) atoms. The van der Waals surface area contributed by atoms with E-state index in [0.717, 1.165) is 5.56 Å². The first-order chi connectivity index (χ1) is 8.25. The molecule has 1 aliphatic rings. The van der Waals surface area contributed by atoms with Gasteiger partial charge in [-0.25, -0.2) is 5.01 Å². The molecule has 8 heteroatoms. The summed E-state index contributed by atoms with van der Waals surface area (Å²) in [7, 11) is -4.35. The Morgan fingerprint density at radius 2 is 2.17 bits per heavy atom. The van der Waals surface area contributed by atoms with Crippen molar-refractivity contribution in [2.24, 2.45) is 11.6 Å². The Labute approximate surface area is 105 Å². The van der Waals surface area contributed by atoms with Gasteiger partial charge in [-0.1, -0.05) is 17.7 Å². The van der Waals surface area contributed by atoms with Crippen molar-refractivity contribution in [1.82, 2.24) is 10.3 Å². The fourth-order valence-electron chi connectivity index (χ4n) is 2.06. The molecule has 0 radical (unpaired) electrons. The van der Waals surface area contributed by atoms with Crippen molar-refractivity contribution in [3.05, 3.63) is 29.3 Å². The lowest BCUT2D eigenvalue weighted by atomic mass is 10.1. The van der Waals surface area contributed by atoms with E-state index in [4.69, 9.17) is 11.6 Å². The number of hydrazine groups is 1. The van der Waals surface area contributed by atoms with Crippen LogP contribution in [0, 0.1) is 6.92 Å². The van der Waals surface area contributed by atoms with Crippen LogP contribution in [0.4, 0.5) is 0 Å². The van der Waals surface area contributed by atoms with Gasteiger partial charge in [-0.05, 0) is 13.0 Å². The fraction of sp³-hybridized carbons (Fsp3) is 0.400. The van der Waals surface area contributed by atoms with Crippen LogP contribution in [0.1, 0.15) is 11.1 Å². The van der Waals surface area contributed by atoms with Crippen LogP contribution in [-0.2, 0) is 15.9 Å². The number of rotatable bonds is 2. The summed E-state index contributed by atoms with van der Waals surface area (Å²) in [4.78, 5) is -0.236. The molecule has 1 saturated heterocycles. The van der Waals surface area contributed by atoms with Crippen LogP contribution in [0.2, 0.25) is 0 Å². The monoisotopic (exact) mass is 272 g/mol. The summed E-state index contributed by atoms with van der Waals surface area (Å²) in [5, 5.41) is 4.26. The van der Waals surface area contributed by atoms with E-state index >= 15 is 0 Å². The number of hydrogen-bond donors (Lipinski definition) is 4. The van der Waals surface area contributed by atoms with Crippen LogP contribution in [0.25, 0.3) is 0 Å². The molecule has 6 N–H and O–H groups in total. The van der Waals surface area contributed by atoms with Gasteiger partial charge in [-0.3, -0.25) is 21.4 Å². The molecule has 2 rings (SSSR count). The van der Waals surface area contributed by atoms with Crippen LogP contribution in [0.15, 0.2) is 23.1 Å². The highest BCUT2D eigenvalue weighted by molar-refractivity contribution is 7.85. The molecular weight excluding hydrogens is 256 g/mol. The molecule has 1 aliphatic heterocycles. The van der Waals surface area contributed by atoms with E-state index in [1.807, 2.05) is 0 Å². The minimum atomic E-state index is -4.35. The van der Waals surface area contributed by atoms with E-state index in [1.165, 1.54) is 11.1 Å². The number of hydrogen-bond acceptors (Lipinski definition) is 6. The van der Waals surface area contributed by atoms with Crippen molar-refractivity contribution in [3.8, 4) is 0 Å². The molecule has 1 unspecified atom stereocenters. The zero-order valence-corrected chi connectivity index (χ0v) is 10.7. The average Bonchev–Trinajstić information content (AvgIpc) is 2.58. The summed E-state index contributed by atoms with van der Waals surface area (Å²) in [6.07, 6.45) is 0. The molecule has 1 fully saturated rings. The summed E-state index contributed by atoms with van der Waals surface area (Å²) < 4.78 is 32.0. The molecule has 0 saturated carbocycles. The molecule has 0 aromatic heterocycles. The Morgan fingerprint density at radius 3 is 2.67 bits per heavy atom. The van der Waals surface area contributed by atoms with E-state index in [2.05, 4.69) is 5.32 Å². The van der Waals surface area contributed by atoms with Gasteiger partial charge in [0, 0.05) is 18.7 Å². The molecule has 0 bridgehead atoms. The quantitative estimate of drug-likeness (QED) is 0.406. The van der Waals surface area contributed by atoms with E-state index in [1.54, 1.807) is 19.1 Å². The summed E-state index contributed by atoms with van der Waals surface area (Å²) in [6.45, 7) is 2.82. The fourth-order valence-corrected chi connectivity index (χ4v) is 2.79. The highest BCUT2D eigenvalue weighted by Crippen LogP contribution is 2.28. The Kier molecular flexibility index (Phi) is 3.18. The SMILES string of the molecule is Cc1ccc(S(=O)(=O)O)c(C2(N)NCCN2N)c1. The summed E-state index contributed by atoms with van der Waals surface area (Å²) >= 11 is 0. The maximum Gasteiger partial charge on any atom is 0.294 e. The number of nitrogens with zero attached hydrogens (tertiary/aromatic N) is 1. The predicted octanol–water partition coefficient (Wildman–Crippen LogP) is -0.910. The normalized spacial score (nSPS) is 25.6. The highest BCUT2D eigenvalue weighted by atomic mass is 32.2. The van der Waals surface area contributed by atoms with Gasteiger partial charge < -0.3 is 0 Å². The van der Waals surface area contributed by atoms with Crippen LogP contribution in [-0.4, -0.2) is 31.1 Å². The molecule has 1 aromatic rings. The van der Waals surface area contributed by atoms with Gasteiger partial charge in [0.1, 0.15) is 4.90 Å². The molecule has 7 nitrogen and oxygen atoms in total. The van der Waals surface area contributed by atoms with Gasteiger partial charge >= 0.3 is 0 Å². The number of nitrogens with one attached hydrogen (secondary N) is 1. The van der Waals surface area contributed by atoms with Crippen molar-refractivity contribution in [3.63, 3.8) is 0 Å². The third-order valence-corrected chi connectivity index (χ3v) is 3.94. The van der Waals surface area contributed by atoms with Crippen LogP contribution >= 0.6 is 0 Å². The molecule has 0 amide bonds. The van der Waals surface area contributed by atoms with Crippen molar-refractivity contribution in [2.45, 2.75) is 17.6 Å². The second-order valence-corrected chi connectivity index (χ2v) is 5.75. The first-order valence-corrected chi connectivity index (χ1v) is 6.84. The van der Waals surface area contributed by atoms with Crippen LogP contribution < -0.4 is 16.9 Å². The molecule has 0 spiro atoms. The molecule has 1 aromatic carbocycles. The maximum atomic E-state index is 11.4. The first kappa shape index (κ1) is 13.4. The van der Waals surface area contributed by atoms with Crippen molar-refractivity contribution in [2.75, 3.05) is 13.1 Å². The maximum absolute atomic E-state index is 11.4. The largest absolute Gasteiger partial charge is 0.296 e. The Morgan fingerprint density at radius 1 is 1.50 bits per heavy atom. The minimum Gasteiger partial charge on any atom is -0.296 e.